The SMILES string of the molecule is CCN1C[C@@H](C)N(C(=O)Nc2ccc(Cl)nc2)C[C@@H]1C. The standard InChI is InChI=1S/C14H21ClN4O/c1-4-18-8-11(3)19(9-10(18)2)14(20)17-12-5-6-13(15)16-7-12/h5-7,10-11H,4,8-9H2,1-3H3,(H,17,20)/t10-,11+/m0/s1. The molecule has 2 heterocycles. The van der Waals surface area contributed by atoms with Crippen molar-refractivity contribution in [3.63, 3.8) is 0 Å². The van der Waals surface area contributed by atoms with Gasteiger partial charge < -0.3 is 10.2 Å². The van der Waals surface area contributed by atoms with E-state index in [1.165, 1.54) is 0 Å². The molecule has 0 spiro atoms. The first-order valence-electron chi connectivity index (χ1n) is 6.94. The minimum Gasteiger partial charge on any atom is -0.319 e. The molecule has 1 fully saturated rings. The van der Waals surface area contributed by atoms with Crippen molar-refractivity contribution in [3.05, 3.63) is 23.5 Å². The second-order valence-corrected chi connectivity index (χ2v) is 5.62. The summed E-state index contributed by atoms with van der Waals surface area (Å²) in [5.74, 6) is 0. The molecule has 0 bridgehead atoms. The van der Waals surface area contributed by atoms with Crippen LogP contribution in [0.15, 0.2) is 18.3 Å². The van der Waals surface area contributed by atoms with Crippen LogP contribution in [0.1, 0.15) is 20.8 Å². The van der Waals surface area contributed by atoms with E-state index in [1.807, 2.05) is 4.90 Å². The lowest BCUT2D eigenvalue weighted by molar-refractivity contribution is 0.0720. The number of pyridine rings is 1. The molecule has 2 amide bonds. The van der Waals surface area contributed by atoms with E-state index in [9.17, 15) is 4.79 Å². The number of likely N-dealkylation sites (N-methyl/N-ethyl adjacent to an activating group) is 1. The number of amides is 2. The van der Waals surface area contributed by atoms with Crippen LogP contribution in [-0.2, 0) is 0 Å². The highest BCUT2D eigenvalue weighted by molar-refractivity contribution is 6.29. The van der Waals surface area contributed by atoms with Crippen LogP contribution in [0.25, 0.3) is 0 Å². The van der Waals surface area contributed by atoms with Gasteiger partial charge in [0.1, 0.15) is 5.15 Å². The smallest absolute Gasteiger partial charge is 0.319 e. The largest absolute Gasteiger partial charge is 0.322 e. The lowest BCUT2D eigenvalue weighted by atomic mass is 10.1. The number of nitrogens with one attached hydrogen (secondary N) is 1. The molecule has 20 heavy (non-hydrogen) atoms. The molecular weight excluding hydrogens is 276 g/mol. The van der Waals surface area contributed by atoms with E-state index in [0.717, 1.165) is 19.6 Å². The highest BCUT2D eigenvalue weighted by Crippen LogP contribution is 2.17. The van der Waals surface area contributed by atoms with Gasteiger partial charge in [-0.25, -0.2) is 9.78 Å². The van der Waals surface area contributed by atoms with Crippen molar-refractivity contribution < 1.29 is 4.79 Å². The van der Waals surface area contributed by atoms with Crippen LogP contribution in [0.5, 0.6) is 0 Å². The second kappa shape index (κ2) is 6.41. The van der Waals surface area contributed by atoms with E-state index in [-0.39, 0.29) is 12.1 Å². The van der Waals surface area contributed by atoms with Gasteiger partial charge in [-0.05, 0) is 32.5 Å². The molecule has 0 unspecified atom stereocenters. The second-order valence-electron chi connectivity index (χ2n) is 5.24. The molecule has 2 atom stereocenters. The summed E-state index contributed by atoms with van der Waals surface area (Å²) in [4.78, 5) is 20.6. The third kappa shape index (κ3) is 3.41. The summed E-state index contributed by atoms with van der Waals surface area (Å²) in [6.45, 7) is 9.04. The van der Waals surface area contributed by atoms with Crippen molar-refractivity contribution in [2.24, 2.45) is 0 Å². The van der Waals surface area contributed by atoms with Gasteiger partial charge in [-0.2, -0.15) is 0 Å². The van der Waals surface area contributed by atoms with Gasteiger partial charge in [-0.1, -0.05) is 18.5 Å². The van der Waals surface area contributed by atoms with Crippen molar-refractivity contribution in [1.82, 2.24) is 14.8 Å². The van der Waals surface area contributed by atoms with E-state index in [1.54, 1.807) is 18.3 Å². The van der Waals surface area contributed by atoms with Crippen LogP contribution in [0, 0.1) is 0 Å². The van der Waals surface area contributed by atoms with Crippen molar-refractivity contribution in [2.45, 2.75) is 32.9 Å². The van der Waals surface area contributed by atoms with Gasteiger partial charge in [-0.15, -0.1) is 0 Å². The maximum absolute atomic E-state index is 12.3. The molecule has 0 radical (unpaired) electrons. The Hall–Kier alpha value is -1.33. The number of halogens is 1. The quantitative estimate of drug-likeness (QED) is 0.854. The number of aromatic nitrogens is 1. The van der Waals surface area contributed by atoms with Gasteiger partial charge in [0.25, 0.3) is 0 Å². The molecule has 1 N–H and O–H groups in total. The van der Waals surface area contributed by atoms with E-state index in [0.29, 0.717) is 16.9 Å². The van der Waals surface area contributed by atoms with Gasteiger partial charge in [0.2, 0.25) is 0 Å². The molecule has 110 valence electrons. The Morgan fingerprint density at radius 1 is 1.40 bits per heavy atom. The Morgan fingerprint density at radius 2 is 2.15 bits per heavy atom. The maximum atomic E-state index is 12.3. The molecule has 0 saturated carbocycles. The van der Waals surface area contributed by atoms with Gasteiger partial charge >= 0.3 is 6.03 Å². The Kier molecular flexibility index (Phi) is 4.83. The number of hydrogen-bond acceptors (Lipinski definition) is 3. The molecule has 1 aliphatic rings. The summed E-state index contributed by atoms with van der Waals surface area (Å²) < 4.78 is 0. The molecule has 1 saturated heterocycles. The molecule has 0 aromatic carbocycles. The Morgan fingerprint density at radius 3 is 2.75 bits per heavy atom. The number of piperazine rings is 1. The number of urea groups is 1. The van der Waals surface area contributed by atoms with Crippen LogP contribution in [0.3, 0.4) is 0 Å². The average Bonchev–Trinajstić information content (AvgIpc) is 2.43. The molecule has 5 nitrogen and oxygen atoms in total. The van der Waals surface area contributed by atoms with Crippen molar-refractivity contribution in [3.8, 4) is 0 Å². The highest BCUT2D eigenvalue weighted by Gasteiger charge is 2.31. The Balaban J connectivity index is 2.00. The van der Waals surface area contributed by atoms with Crippen molar-refractivity contribution in [1.29, 1.82) is 0 Å². The van der Waals surface area contributed by atoms with Crippen LogP contribution in [0.4, 0.5) is 10.5 Å². The number of hydrogen-bond donors (Lipinski definition) is 1. The molecule has 2 rings (SSSR count). The van der Waals surface area contributed by atoms with E-state index in [2.05, 4.69) is 36.0 Å². The number of rotatable bonds is 2. The van der Waals surface area contributed by atoms with Crippen LogP contribution < -0.4 is 5.32 Å². The summed E-state index contributed by atoms with van der Waals surface area (Å²) >= 11 is 5.73. The minimum atomic E-state index is -0.0794. The first-order chi connectivity index (χ1) is 9.51. The fourth-order valence-corrected chi connectivity index (χ4v) is 2.68. The summed E-state index contributed by atoms with van der Waals surface area (Å²) in [7, 11) is 0. The third-order valence-electron chi connectivity index (χ3n) is 3.76. The van der Waals surface area contributed by atoms with Crippen LogP contribution in [-0.4, -0.2) is 52.5 Å². The zero-order valence-corrected chi connectivity index (χ0v) is 12.9. The van der Waals surface area contributed by atoms with Crippen molar-refractivity contribution in [2.75, 3.05) is 25.0 Å². The van der Waals surface area contributed by atoms with Crippen molar-refractivity contribution >= 4 is 23.3 Å². The normalized spacial score (nSPS) is 23.7. The number of carbonyl (C=O) groups excluding carboxylic acids is 1. The zero-order valence-electron chi connectivity index (χ0n) is 12.1. The molecule has 6 heteroatoms. The minimum absolute atomic E-state index is 0.0794. The summed E-state index contributed by atoms with van der Waals surface area (Å²) in [5, 5.41) is 3.29. The van der Waals surface area contributed by atoms with Crippen LogP contribution in [0.2, 0.25) is 5.15 Å². The molecule has 1 aliphatic heterocycles. The monoisotopic (exact) mass is 296 g/mol. The fraction of sp³-hybridized carbons (Fsp3) is 0.571. The number of carbonyl (C=O) groups is 1. The number of anilines is 1. The van der Waals surface area contributed by atoms with Gasteiger partial charge in [0, 0.05) is 25.2 Å². The lowest BCUT2D eigenvalue weighted by Crippen LogP contribution is -2.58. The third-order valence-corrected chi connectivity index (χ3v) is 3.98. The predicted molar refractivity (Wildman–Crippen MR) is 81.1 cm³/mol. The first kappa shape index (κ1) is 15.1. The van der Waals surface area contributed by atoms with E-state index in [4.69, 9.17) is 11.6 Å². The molecule has 0 aliphatic carbocycles. The average molecular weight is 297 g/mol. The first-order valence-corrected chi connectivity index (χ1v) is 7.32. The van der Waals surface area contributed by atoms with E-state index >= 15 is 0 Å². The molecule has 1 aromatic rings. The fourth-order valence-electron chi connectivity index (χ4n) is 2.57. The molecule has 1 aromatic heterocycles. The van der Waals surface area contributed by atoms with E-state index < -0.39 is 0 Å². The number of nitrogens with zero attached hydrogens (tertiary/aromatic N) is 3. The van der Waals surface area contributed by atoms with Gasteiger partial charge in [0.05, 0.1) is 11.9 Å². The topological polar surface area (TPSA) is 48.5 Å². The lowest BCUT2D eigenvalue weighted by Gasteiger charge is -2.43. The Labute approximate surface area is 124 Å². The summed E-state index contributed by atoms with van der Waals surface area (Å²) in [5.41, 5.74) is 0.664. The predicted octanol–water partition coefficient (Wildman–Crippen LogP) is 2.68. The highest BCUT2D eigenvalue weighted by atomic mass is 35.5. The van der Waals surface area contributed by atoms with Gasteiger partial charge in [-0.3, -0.25) is 4.90 Å². The van der Waals surface area contributed by atoms with Crippen LogP contribution >= 0.6 is 11.6 Å². The Bertz CT molecular complexity index is 465. The molecular formula is C14H21ClN4O. The summed E-state index contributed by atoms with van der Waals surface area (Å²) in [6.07, 6.45) is 1.57. The maximum Gasteiger partial charge on any atom is 0.322 e. The zero-order chi connectivity index (χ0) is 14.7. The van der Waals surface area contributed by atoms with Gasteiger partial charge in [0.15, 0.2) is 0 Å². The summed E-state index contributed by atoms with van der Waals surface area (Å²) in [6, 6.07) is 3.92.